The van der Waals surface area contributed by atoms with Gasteiger partial charge in [0.25, 0.3) is 5.91 Å². The van der Waals surface area contributed by atoms with Crippen molar-refractivity contribution >= 4 is 45.2 Å². The zero-order valence-electron chi connectivity index (χ0n) is 39.4. The maximum absolute atomic E-state index is 16.9. The van der Waals surface area contributed by atoms with Crippen LogP contribution in [0.4, 0.5) is 25.1 Å². The zero-order valence-corrected chi connectivity index (χ0v) is 39.4. The summed E-state index contributed by atoms with van der Waals surface area (Å²) >= 11 is 0. The standard InChI is InChI=1S/C52H52F2N10O6/c1-26-21-52(26,48-56-49(66)70-58-48)62-39-12-7-29(30-14-16-69-51(3,4)22-30)17-31(39)18-41(62)47(65)59-15-13-38-43(27(59)2)46(64(57-38)33-10-11-37(53)35(19-33)28-5-6-28)60-24-34-25-68-42-20-40-36(23-55-63(40)32-8-9-32)44(54)45(42)61(34)50(60)67/h7,10-12,17-20,23,26-28,30,32,34H,5-6,8-9,13-16,21-22,24-25H2,1-4H3,(H,56,58,66)/t26-,27-,30-,34+,52-/m0/s1. The molecule has 0 radical (unpaired) electrons. The van der Waals surface area contributed by atoms with Crippen LogP contribution in [0, 0.1) is 17.6 Å². The summed E-state index contributed by atoms with van der Waals surface area (Å²) in [6.45, 7) is 9.51. The van der Waals surface area contributed by atoms with Gasteiger partial charge in [-0.3, -0.25) is 28.8 Å². The molecule has 18 heteroatoms. The average molecular weight is 951 g/mol. The van der Waals surface area contributed by atoms with Gasteiger partial charge in [0, 0.05) is 42.1 Å². The van der Waals surface area contributed by atoms with Crippen LogP contribution < -0.4 is 20.3 Å². The van der Waals surface area contributed by atoms with Crippen molar-refractivity contribution in [2.75, 3.05) is 36.1 Å². The highest BCUT2D eigenvalue weighted by Crippen LogP contribution is 2.56. The Balaban J connectivity index is 0.888. The smallest absolute Gasteiger partial charge is 0.438 e. The number of H-pyrrole nitrogens is 1. The summed E-state index contributed by atoms with van der Waals surface area (Å²) in [4.78, 5) is 51.3. The monoisotopic (exact) mass is 950 g/mol. The van der Waals surface area contributed by atoms with E-state index in [1.807, 2.05) is 33.2 Å². The molecule has 3 aliphatic carbocycles. The zero-order chi connectivity index (χ0) is 47.7. The van der Waals surface area contributed by atoms with Crippen molar-refractivity contribution in [3.05, 3.63) is 111 Å². The molecule has 70 heavy (non-hydrogen) atoms. The number of anilines is 2. The Labute approximate surface area is 400 Å². The molecule has 4 aliphatic heterocycles. The quantitative estimate of drug-likeness (QED) is 0.157. The van der Waals surface area contributed by atoms with Crippen LogP contribution in [0.5, 0.6) is 5.75 Å². The largest absolute Gasteiger partial charge is 0.489 e. The average Bonchev–Trinajstić information content (AvgIpc) is 4.28. The van der Waals surface area contributed by atoms with Crippen molar-refractivity contribution in [1.29, 1.82) is 0 Å². The third-order valence-corrected chi connectivity index (χ3v) is 16.5. The van der Waals surface area contributed by atoms with Crippen LogP contribution >= 0.6 is 0 Å². The molecule has 360 valence electrons. The lowest BCUT2D eigenvalue weighted by Crippen LogP contribution is -2.42. The van der Waals surface area contributed by atoms with Crippen LogP contribution in [0.25, 0.3) is 27.5 Å². The summed E-state index contributed by atoms with van der Waals surface area (Å²) in [7, 11) is 0. The molecule has 7 aromatic rings. The van der Waals surface area contributed by atoms with Crippen LogP contribution in [-0.2, 0) is 16.7 Å². The van der Waals surface area contributed by atoms with Crippen molar-refractivity contribution in [3.8, 4) is 11.4 Å². The van der Waals surface area contributed by atoms with Crippen LogP contribution in [0.2, 0.25) is 0 Å². The molecule has 8 heterocycles. The minimum absolute atomic E-state index is 0.00182. The van der Waals surface area contributed by atoms with E-state index in [0.29, 0.717) is 76.7 Å². The predicted molar refractivity (Wildman–Crippen MR) is 253 cm³/mol. The topological polar surface area (TPSA) is 162 Å². The summed E-state index contributed by atoms with van der Waals surface area (Å²) in [6.07, 6.45) is 7.95. The van der Waals surface area contributed by atoms with E-state index in [9.17, 15) is 4.79 Å². The van der Waals surface area contributed by atoms with E-state index < -0.39 is 35.2 Å². The lowest BCUT2D eigenvalue weighted by Gasteiger charge is -2.35. The molecular formula is C52H52F2N10O6. The maximum Gasteiger partial charge on any atom is 0.438 e. The van der Waals surface area contributed by atoms with Gasteiger partial charge >= 0.3 is 11.8 Å². The Morgan fingerprint density at radius 3 is 2.50 bits per heavy atom. The lowest BCUT2D eigenvalue weighted by atomic mass is 9.83. The first-order chi connectivity index (χ1) is 33.8. The molecule has 4 aromatic heterocycles. The molecular weight excluding hydrogens is 899 g/mol. The molecule has 0 unspecified atom stereocenters. The fourth-order valence-corrected chi connectivity index (χ4v) is 12.5. The normalized spacial score (nSPS) is 25.9. The molecule has 7 aliphatic rings. The van der Waals surface area contributed by atoms with Gasteiger partial charge in [0.1, 0.15) is 40.9 Å². The van der Waals surface area contributed by atoms with Crippen LogP contribution in [0.15, 0.2) is 64.0 Å². The second kappa shape index (κ2) is 14.6. The van der Waals surface area contributed by atoms with E-state index in [-0.39, 0.29) is 65.7 Å². The van der Waals surface area contributed by atoms with Crippen LogP contribution in [-0.4, -0.2) is 89.1 Å². The fraction of sp³-hybridized carbons (Fsp3) is 0.462. The highest BCUT2D eigenvalue weighted by molar-refractivity contribution is 6.10. The molecule has 3 saturated carbocycles. The van der Waals surface area contributed by atoms with Crippen molar-refractivity contribution in [2.45, 2.75) is 120 Å². The molecule has 16 nitrogen and oxygen atoms in total. The number of hydrogen-bond acceptors (Lipinski definition) is 9. The third-order valence-electron chi connectivity index (χ3n) is 16.5. The number of nitrogens with one attached hydrogen (secondary N) is 1. The van der Waals surface area contributed by atoms with Gasteiger partial charge in [-0.25, -0.2) is 23.1 Å². The molecule has 3 aromatic carbocycles. The van der Waals surface area contributed by atoms with E-state index in [1.165, 1.54) is 22.7 Å². The van der Waals surface area contributed by atoms with E-state index in [0.717, 1.165) is 49.4 Å². The first kappa shape index (κ1) is 42.1. The van der Waals surface area contributed by atoms with Gasteiger partial charge in [0.15, 0.2) is 11.6 Å². The molecule has 14 rings (SSSR count). The Morgan fingerprint density at radius 2 is 1.76 bits per heavy atom. The van der Waals surface area contributed by atoms with Gasteiger partial charge < -0.3 is 18.9 Å². The second-order valence-electron chi connectivity index (χ2n) is 21.5. The van der Waals surface area contributed by atoms with E-state index >= 15 is 18.4 Å². The summed E-state index contributed by atoms with van der Waals surface area (Å²) in [5, 5.41) is 15.1. The summed E-state index contributed by atoms with van der Waals surface area (Å²) in [5.74, 6) is -0.319. The Morgan fingerprint density at radius 1 is 0.929 bits per heavy atom. The summed E-state index contributed by atoms with van der Waals surface area (Å²) in [6, 6.07) is 13.7. The number of benzene rings is 3. The number of hydrogen-bond donors (Lipinski definition) is 1. The molecule has 5 atom stereocenters. The molecule has 1 N–H and O–H groups in total. The van der Waals surface area contributed by atoms with Crippen LogP contribution in [0.3, 0.4) is 0 Å². The number of carbonyl (C=O) groups excluding carboxylic acids is 2. The highest BCUT2D eigenvalue weighted by atomic mass is 19.1. The van der Waals surface area contributed by atoms with E-state index in [4.69, 9.17) is 19.1 Å². The van der Waals surface area contributed by atoms with Gasteiger partial charge in [0.2, 0.25) is 0 Å². The highest BCUT2D eigenvalue weighted by Gasteiger charge is 2.59. The summed E-state index contributed by atoms with van der Waals surface area (Å²) < 4.78 is 55.3. The fourth-order valence-electron chi connectivity index (χ4n) is 12.5. The minimum Gasteiger partial charge on any atom is -0.489 e. The first-order valence-electron chi connectivity index (χ1n) is 24.8. The number of rotatable bonds is 8. The molecule has 5 fully saturated rings. The van der Waals surface area contributed by atoms with Gasteiger partial charge in [-0.2, -0.15) is 10.2 Å². The number of urea groups is 1. The van der Waals surface area contributed by atoms with Crippen molar-refractivity contribution < 1.29 is 32.4 Å². The number of carbonyl (C=O) groups is 2. The molecule has 0 spiro atoms. The maximum atomic E-state index is 16.9. The number of fused-ring (bicyclic) bond motifs is 6. The van der Waals surface area contributed by atoms with Crippen molar-refractivity contribution in [2.24, 2.45) is 5.92 Å². The number of aromatic amines is 1. The van der Waals surface area contributed by atoms with Gasteiger partial charge in [-0.1, -0.05) is 18.1 Å². The van der Waals surface area contributed by atoms with Crippen LogP contribution in [0.1, 0.15) is 135 Å². The van der Waals surface area contributed by atoms with Crippen molar-refractivity contribution in [1.82, 2.24) is 39.2 Å². The number of halogens is 2. The second-order valence-corrected chi connectivity index (χ2v) is 21.5. The van der Waals surface area contributed by atoms with E-state index in [2.05, 4.69) is 54.2 Å². The summed E-state index contributed by atoms with van der Waals surface area (Å²) in [5.41, 5.74) is 4.58. The minimum atomic E-state index is -0.855. The predicted octanol–water partition coefficient (Wildman–Crippen LogP) is 8.77. The SMILES string of the molecule is C[C@H]1c2c(nn(-c3ccc(F)c(C4CC4)c3)c2N2C[C@@H]3COc4cc5c(cnn5C5CC5)c(F)c4N3C2=O)CCN1C(=O)c1cc2cc([C@H]3CCOC(C)(C)C3)ccc2n1[C@@]1(c2noc(=O)[nH]2)C[C@@H]1C. The Kier molecular flexibility index (Phi) is 8.79. The molecule has 0 bridgehead atoms. The van der Waals surface area contributed by atoms with Gasteiger partial charge in [0.05, 0.1) is 58.8 Å². The number of amides is 3. The van der Waals surface area contributed by atoms with E-state index in [1.54, 1.807) is 21.7 Å². The van der Waals surface area contributed by atoms with Crippen molar-refractivity contribution in [3.63, 3.8) is 0 Å². The first-order valence-corrected chi connectivity index (χ1v) is 24.8. The number of aromatic nitrogens is 7. The number of ether oxygens (including phenoxy) is 2. The van der Waals surface area contributed by atoms with Gasteiger partial charge in [-0.15, -0.1) is 0 Å². The Hall–Kier alpha value is -6.82. The van der Waals surface area contributed by atoms with Gasteiger partial charge in [-0.05, 0) is 131 Å². The number of nitrogens with zero attached hydrogens (tertiary/aromatic N) is 9. The molecule has 3 amide bonds. The Bertz CT molecular complexity index is 3450. The lowest BCUT2D eigenvalue weighted by molar-refractivity contribution is -0.0592. The third kappa shape index (κ3) is 6.13. The molecule has 2 saturated heterocycles.